The van der Waals surface area contributed by atoms with Gasteiger partial charge in [-0.1, -0.05) is 30.4 Å². The molecule has 5 rings (SSSR count). The van der Waals surface area contributed by atoms with Crippen molar-refractivity contribution >= 4 is 30.8 Å². The number of benzene rings is 1. The molecule has 2 aliphatic rings. The maximum Gasteiger partial charge on any atom is 0.459 e. The summed E-state index contributed by atoms with van der Waals surface area (Å²) in [6, 6.07) is 7.24. The lowest BCUT2D eigenvalue weighted by molar-refractivity contribution is -0.145. The summed E-state index contributed by atoms with van der Waals surface area (Å²) < 4.78 is 44.3. The minimum Gasteiger partial charge on any atom is -0.476 e. The SMILES string of the molecule is CNc1nc2c3ncn(c3n1)C1OC(COP(=O)(Oc3ccccc3)N[C@@H](C)C(=O)OCCCCC=CCCO2)[C@@H](O)[C@@]1(C)O. The topological polar surface area (TPSA) is 188 Å². The van der Waals surface area contributed by atoms with E-state index in [2.05, 4.69) is 25.4 Å². The molecule has 16 heteroatoms. The zero-order valence-electron chi connectivity index (χ0n) is 25.4. The number of esters is 1. The lowest BCUT2D eigenvalue weighted by Crippen LogP contribution is -2.44. The third-order valence-electron chi connectivity index (χ3n) is 7.40. The highest BCUT2D eigenvalue weighted by molar-refractivity contribution is 7.52. The summed E-state index contributed by atoms with van der Waals surface area (Å²) in [6.07, 6.45) is 4.45. The molecule has 0 aliphatic carbocycles. The van der Waals surface area contributed by atoms with Gasteiger partial charge in [0.25, 0.3) is 0 Å². The molecular formula is C29H39N6O9P. The molecule has 1 fully saturated rings. The van der Waals surface area contributed by atoms with E-state index in [1.807, 2.05) is 12.2 Å². The van der Waals surface area contributed by atoms with E-state index in [0.29, 0.717) is 30.6 Å². The van der Waals surface area contributed by atoms with Crippen LogP contribution in [0.4, 0.5) is 5.95 Å². The van der Waals surface area contributed by atoms with Gasteiger partial charge in [0.15, 0.2) is 17.4 Å². The van der Waals surface area contributed by atoms with Crippen LogP contribution in [0.3, 0.4) is 0 Å². The number of nitrogens with one attached hydrogen (secondary N) is 2. The third kappa shape index (κ3) is 7.63. The minimum atomic E-state index is -4.26. The van der Waals surface area contributed by atoms with Gasteiger partial charge in [-0.15, -0.1) is 0 Å². The normalized spacial score (nSPS) is 30.5. The zero-order valence-corrected chi connectivity index (χ0v) is 26.3. The lowest BCUT2D eigenvalue weighted by atomic mass is 9.96. The van der Waals surface area contributed by atoms with Crippen molar-refractivity contribution in [3.05, 3.63) is 48.8 Å². The lowest BCUT2D eigenvalue weighted by Gasteiger charge is -2.27. The summed E-state index contributed by atoms with van der Waals surface area (Å²) in [5, 5.41) is 28.1. The van der Waals surface area contributed by atoms with Gasteiger partial charge in [-0.25, -0.2) is 9.55 Å². The predicted molar refractivity (Wildman–Crippen MR) is 163 cm³/mol. The van der Waals surface area contributed by atoms with Crippen LogP contribution in [0.2, 0.25) is 0 Å². The van der Waals surface area contributed by atoms with Crippen molar-refractivity contribution in [3.63, 3.8) is 0 Å². The van der Waals surface area contributed by atoms with Crippen molar-refractivity contribution in [2.24, 2.45) is 0 Å². The first-order chi connectivity index (χ1) is 21.6. The van der Waals surface area contributed by atoms with E-state index in [1.54, 1.807) is 37.4 Å². The fourth-order valence-electron chi connectivity index (χ4n) is 4.95. The molecule has 244 valence electrons. The number of aliphatic hydroxyl groups is 2. The average molecular weight is 647 g/mol. The van der Waals surface area contributed by atoms with Crippen LogP contribution in [0.25, 0.3) is 11.2 Å². The number of carbonyl (C=O) groups excluding carboxylic acids is 1. The van der Waals surface area contributed by atoms with Crippen molar-refractivity contribution in [1.29, 1.82) is 0 Å². The molecule has 3 aromatic rings. The number of ether oxygens (including phenoxy) is 3. The quantitative estimate of drug-likeness (QED) is 0.185. The highest BCUT2D eigenvalue weighted by Gasteiger charge is 2.54. The number of aromatic nitrogens is 4. The molecule has 0 amide bonds. The summed E-state index contributed by atoms with van der Waals surface area (Å²) in [5.74, 6) is 0.0953. The van der Waals surface area contributed by atoms with Gasteiger partial charge >= 0.3 is 13.7 Å². The van der Waals surface area contributed by atoms with Gasteiger partial charge in [0.1, 0.15) is 29.6 Å². The summed E-state index contributed by atoms with van der Waals surface area (Å²) in [5.41, 5.74) is -1.22. The maximum absolute atomic E-state index is 14.0. The smallest absolute Gasteiger partial charge is 0.459 e. The molecular weight excluding hydrogens is 607 g/mol. The van der Waals surface area contributed by atoms with Crippen molar-refractivity contribution in [2.45, 2.75) is 69.6 Å². The van der Waals surface area contributed by atoms with E-state index >= 15 is 0 Å². The van der Waals surface area contributed by atoms with Crippen LogP contribution < -0.4 is 19.7 Å². The van der Waals surface area contributed by atoms with Crippen molar-refractivity contribution in [3.8, 4) is 11.6 Å². The first kappa shape index (κ1) is 32.8. The van der Waals surface area contributed by atoms with E-state index in [4.69, 9.17) is 23.3 Å². The second kappa shape index (κ2) is 14.2. The number of hydrogen-bond acceptors (Lipinski definition) is 13. The molecule has 15 nitrogen and oxygen atoms in total. The van der Waals surface area contributed by atoms with Gasteiger partial charge in [-0.3, -0.25) is 13.9 Å². The Morgan fingerprint density at radius 1 is 1.13 bits per heavy atom. The van der Waals surface area contributed by atoms with Crippen molar-refractivity contribution in [2.75, 3.05) is 32.2 Å². The number of carbonyl (C=O) groups is 1. The van der Waals surface area contributed by atoms with Crippen molar-refractivity contribution < 1.29 is 42.8 Å². The van der Waals surface area contributed by atoms with E-state index in [-0.39, 0.29) is 24.2 Å². The van der Waals surface area contributed by atoms with Crippen LogP contribution in [0, 0.1) is 0 Å². The third-order valence-corrected chi connectivity index (χ3v) is 9.05. The Balaban J connectivity index is 1.45. The Morgan fingerprint density at radius 3 is 2.69 bits per heavy atom. The molecule has 2 aromatic heterocycles. The Labute approximate surface area is 260 Å². The molecule has 0 spiro atoms. The van der Waals surface area contributed by atoms with Crippen LogP contribution in [-0.4, -0.2) is 86.4 Å². The van der Waals surface area contributed by atoms with Crippen LogP contribution >= 0.6 is 7.75 Å². The number of anilines is 1. The number of fused-ring (bicyclic) bond motifs is 3. The standard InChI is InChI=1S/C29H39N6O9P/c1-19-26(37)41-16-12-7-5-4-6-11-15-40-25-22-24(32-28(30-3)33-25)35(18-31-22)27-29(2,38)23(36)21(43-27)17-42-45(39,34-19)44-20-13-9-8-10-14-20/h4,6,8-10,13-14,18-19,21,23,27,36,38H,5,7,11-12,15-17H2,1-3H3,(H,34,39)(H,30,32,33)/t19-,21?,23+,27?,29+,45?/m0/s1. The van der Waals surface area contributed by atoms with Crippen LogP contribution in [0.15, 0.2) is 48.8 Å². The number of para-hydroxylation sites is 1. The number of hydrogen-bond donors (Lipinski definition) is 4. The first-order valence-electron chi connectivity index (χ1n) is 14.8. The highest BCUT2D eigenvalue weighted by atomic mass is 31.2. The number of imidazole rings is 1. The molecule has 0 radical (unpaired) electrons. The van der Waals surface area contributed by atoms with Crippen LogP contribution in [0.5, 0.6) is 11.6 Å². The van der Waals surface area contributed by atoms with Crippen LogP contribution in [0.1, 0.15) is 45.8 Å². The van der Waals surface area contributed by atoms with E-state index in [1.165, 1.54) is 24.7 Å². The van der Waals surface area contributed by atoms with Gasteiger partial charge < -0.3 is 34.3 Å². The second-order valence-electron chi connectivity index (χ2n) is 10.9. The molecule has 0 saturated carbocycles. The number of cyclic esters (lactones) is 1. The Bertz CT molecular complexity index is 1540. The molecule has 45 heavy (non-hydrogen) atoms. The van der Waals surface area contributed by atoms with Crippen molar-refractivity contribution in [1.82, 2.24) is 24.6 Å². The molecule has 3 unspecified atom stereocenters. The van der Waals surface area contributed by atoms with Gasteiger partial charge in [0, 0.05) is 7.05 Å². The first-order valence-corrected chi connectivity index (χ1v) is 16.4. The van der Waals surface area contributed by atoms with Gasteiger partial charge in [-0.05, 0) is 51.7 Å². The number of allylic oxidation sites excluding steroid dienone is 1. The van der Waals surface area contributed by atoms with E-state index in [9.17, 15) is 19.6 Å². The predicted octanol–water partition coefficient (Wildman–Crippen LogP) is 3.11. The molecule has 2 aliphatic heterocycles. The zero-order chi connectivity index (χ0) is 32.0. The Morgan fingerprint density at radius 2 is 1.91 bits per heavy atom. The summed E-state index contributed by atoms with van der Waals surface area (Å²) in [7, 11) is -2.60. The second-order valence-corrected chi connectivity index (χ2v) is 12.6. The molecule has 1 aromatic carbocycles. The minimum absolute atomic E-state index is 0.189. The summed E-state index contributed by atoms with van der Waals surface area (Å²) >= 11 is 0. The largest absolute Gasteiger partial charge is 0.476 e. The monoisotopic (exact) mass is 646 g/mol. The van der Waals surface area contributed by atoms with Gasteiger partial charge in [0.2, 0.25) is 11.8 Å². The fraction of sp³-hybridized carbons (Fsp3) is 0.517. The number of aliphatic hydroxyl groups excluding tert-OH is 1. The number of nitrogens with zero attached hydrogens (tertiary/aromatic N) is 4. The van der Waals surface area contributed by atoms with E-state index < -0.39 is 50.4 Å². The van der Waals surface area contributed by atoms with Gasteiger partial charge in [-0.2, -0.15) is 15.1 Å². The molecule has 4 heterocycles. The van der Waals surface area contributed by atoms with E-state index in [0.717, 1.165) is 12.8 Å². The summed E-state index contributed by atoms with van der Waals surface area (Å²) in [4.78, 5) is 26.0. The average Bonchev–Trinajstić information content (AvgIpc) is 3.54. The highest BCUT2D eigenvalue weighted by Crippen LogP contribution is 2.47. The fourth-order valence-corrected chi connectivity index (χ4v) is 6.45. The molecule has 4 N–H and O–H groups in total. The number of rotatable bonds is 3. The van der Waals surface area contributed by atoms with Crippen LogP contribution in [-0.2, 0) is 23.4 Å². The molecule has 1 saturated heterocycles. The van der Waals surface area contributed by atoms with Gasteiger partial charge in [0.05, 0.1) is 26.1 Å². The summed E-state index contributed by atoms with van der Waals surface area (Å²) in [6.45, 7) is 2.94. The Hall–Kier alpha value is -3.59. The Kier molecular flexibility index (Phi) is 10.4. The maximum atomic E-state index is 14.0. The molecule has 6 atom stereocenters. The molecule has 6 bridgehead atoms.